The Kier molecular flexibility index (Phi) is 6.70. The predicted molar refractivity (Wildman–Crippen MR) is 149 cm³/mol. The molecule has 0 N–H and O–H groups in total. The molecule has 38 heavy (non-hydrogen) atoms. The zero-order chi connectivity index (χ0) is 26.2. The first kappa shape index (κ1) is 24.7. The molecule has 6 rings (SSSR count). The Bertz CT molecular complexity index is 1510. The van der Waals surface area contributed by atoms with Gasteiger partial charge in [0.05, 0.1) is 17.4 Å². The quantitative estimate of drug-likeness (QED) is 0.326. The normalized spacial score (nSPS) is 17.9. The zero-order valence-electron chi connectivity index (χ0n) is 22.1. The van der Waals surface area contributed by atoms with E-state index in [1.165, 1.54) is 17.7 Å². The van der Waals surface area contributed by atoms with Crippen LogP contribution < -0.4 is 10.3 Å². The van der Waals surface area contributed by atoms with E-state index in [0.29, 0.717) is 18.0 Å². The first-order valence-electron chi connectivity index (χ1n) is 13.6. The van der Waals surface area contributed by atoms with E-state index < -0.39 is 0 Å². The Hall–Kier alpha value is -3.58. The second-order valence-corrected chi connectivity index (χ2v) is 10.9. The Morgan fingerprint density at radius 3 is 2.63 bits per heavy atom. The van der Waals surface area contributed by atoms with Crippen LogP contribution in [-0.2, 0) is 13.1 Å². The third kappa shape index (κ3) is 5.20. The molecule has 1 saturated carbocycles. The number of hydrogen-bond donors (Lipinski definition) is 0. The van der Waals surface area contributed by atoms with Crippen molar-refractivity contribution in [2.45, 2.75) is 64.7 Å². The zero-order valence-corrected chi connectivity index (χ0v) is 22.1. The summed E-state index contributed by atoms with van der Waals surface area (Å²) in [5.74, 6) is -0.368. The van der Waals surface area contributed by atoms with Crippen molar-refractivity contribution in [2.24, 2.45) is 0 Å². The van der Waals surface area contributed by atoms with Gasteiger partial charge in [0.25, 0.3) is 0 Å². The van der Waals surface area contributed by atoms with Crippen molar-refractivity contribution in [1.82, 2.24) is 19.4 Å². The topological polar surface area (TPSA) is 54.3 Å². The Morgan fingerprint density at radius 2 is 1.87 bits per heavy atom. The Labute approximate surface area is 222 Å². The van der Waals surface area contributed by atoms with Gasteiger partial charge in [0, 0.05) is 73.0 Å². The fraction of sp³-hybridized carbons (Fsp3) is 0.387. The van der Waals surface area contributed by atoms with Gasteiger partial charge in [0.1, 0.15) is 5.82 Å². The minimum Gasteiger partial charge on any atom is -0.369 e. The van der Waals surface area contributed by atoms with Crippen LogP contribution in [-0.4, -0.2) is 38.6 Å². The standard InChI is InChI=1S/C31H34FN5O/c1-21-5-7-27(16-34-21)35-13-3-4-28(20-35)36(17-23-11-12-33-22(2)14-23)18-24-19-37(26-8-9-26)30-10-6-25(32)15-29(30)31(24)38/h5-7,10-12,14-16,19,26,28H,3-4,8-9,13,17-18,20H2,1-2H3/t28-/m0/s1. The predicted octanol–water partition coefficient (Wildman–Crippen LogP) is 5.55. The van der Waals surface area contributed by atoms with Crippen LogP contribution in [0.2, 0.25) is 0 Å². The molecule has 1 atom stereocenters. The maximum absolute atomic E-state index is 14.2. The summed E-state index contributed by atoms with van der Waals surface area (Å²) in [5, 5.41) is 0.477. The van der Waals surface area contributed by atoms with Crippen LogP contribution in [0.1, 0.15) is 54.2 Å². The molecule has 7 heteroatoms. The molecule has 6 nitrogen and oxygen atoms in total. The average Bonchev–Trinajstić information content (AvgIpc) is 3.76. The van der Waals surface area contributed by atoms with Crippen molar-refractivity contribution in [1.29, 1.82) is 0 Å². The van der Waals surface area contributed by atoms with Crippen molar-refractivity contribution < 1.29 is 4.39 Å². The third-order valence-corrected chi connectivity index (χ3v) is 7.90. The number of hydrogen-bond acceptors (Lipinski definition) is 5. The molecule has 0 bridgehead atoms. The van der Waals surface area contributed by atoms with Crippen LogP contribution in [0.5, 0.6) is 0 Å². The second-order valence-electron chi connectivity index (χ2n) is 10.9. The lowest BCUT2D eigenvalue weighted by Crippen LogP contribution is -2.48. The minimum absolute atomic E-state index is 0.0669. The first-order chi connectivity index (χ1) is 18.4. The van der Waals surface area contributed by atoms with Crippen molar-refractivity contribution in [2.75, 3.05) is 18.0 Å². The number of aryl methyl sites for hydroxylation is 2. The largest absolute Gasteiger partial charge is 0.369 e. The lowest BCUT2D eigenvalue weighted by atomic mass is 10.0. The van der Waals surface area contributed by atoms with Crippen molar-refractivity contribution in [3.63, 3.8) is 0 Å². The number of pyridine rings is 3. The van der Waals surface area contributed by atoms with E-state index in [2.05, 4.69) is 48.6 Å². The molecule has 3 aromatic heterocycles. The monoisotopic (exact) mass is 511 g/mol. The fourth-order valence-electron chi connectivity index (χ4n) is 5.76. The van der Waals surface area contributed by atoms with E-state index in [1.54, 1.807) is 6.07 Å². The third-order valence-electron chi connectivity index (χ3n) is 7.90. The average molecular weight is 512 g/mol. The summed E-state index contributed by atoms with van der Waals surface area (Å²) in [6.45, 7) is 7.11. The van der Waals surface area contributed by atoms with Crippen LogP contribution in [0.25, 0.3) is 10.9 Å². The maximum atomic E-state index is 14.2. The molecule has 1 aliphatic carbocycles. The summed E-state index contributed by atoms with van der Waals surface area (Å²) in [6.07, 6.45) is 10.2. The summed E-state index contributed by atoms with van der Waals surface area (Å²) >= 11 is 0. The Balaban J connectivity index is 1.36. The van der Waals surface area contributed by atoms with Crippen LogP contribution >= 0.6 is 0 Å². The van der Waals surface area contributed by atoms with E-state index in [0.717, 1.165) is 73.5 Å². The number of benzene rings is 1. The molecule has 0 amide bonds. The van der Waals surface area contributed by atoms with Crippen molar-refractivity contribution >= 4 is 16.6 Å². The van der Waals surface area contributed by atoms with Gasteiger partial charge in [0.15, 0.2) is 5.43 Å². The number of rotatable bonds is 7. The number of piperidine rings is 1. The summed E-state index contributed by atoms with van der Waals surface area (Å²) < 4.78 is 16.4. The maximum Gasteiger partial charge on any atom is 0.193 e. The van der Waals surface area contributed by atoms with E-state index in [9.17, 15) is 9.18 Å². The molecule has 1 saturated heterocycles. The van der Waals surface area contributed by atoms with Gasteiger partial charge in [-0.2, -0.15) is 0 Å². The molecule has 4 heterocycles. The van der Waals surface area contributed by atoms with Crippen LogP contribution in [0.15, 0.2) is 65.8 Å². The highest BCUT2D eigenvalue weighted by Gasteiger charge is 2.29. The van der Waals surface area contributed by atoms with Crippen LogP contribution in [0, 0.1) is 19.7 Å². The SMILES string of the molecule is Cc1ccc(N2CCC[C@H](N(Cc3ccnc(C)c3)Cc3cn(C4CC4)c4ccc(F)cc4c3=O)C2)cn1. The van der Waals surface area contributed by atoms with Gasteiger partial charge in [-0.25, -0.2) is 4.39 Å². The summed E-state index contributed by atoms with van der Waals surface area (Å²) in [4.78, 5) is 27.4. The van der Waals surface area contributed by atoms with E-state index >= 15 is 0 Å². The van der Waals surface area contributed by atoms with E-state index in [4.69, 9.17) is 0 Å². The van der Waals surface area contributed by atoms with E-state index in [-0.39, 0.29) is 17.3 Å². The highest BCUT2D eigenvalue weighted by atomic mass is 19.1. The second kappa shape index (κ2) is 10.3. The molecule has 2 fully saturated rings. The van der Waals surface area contributed by atoms with Gasteiger partial charge in [-0.15, -0.1) is 0 Å². The highest BCUT2D eigenvalue weighted by Crippen LogP contribution is 2.37. The number of anilines is 1. The van der Waals surface area contributed by atoms with Gasteiger partial charge in [-0.3, -0.25) is 19.7 Å². The minimum atomic E-state index is -0.368. The fourth-order valence-corrected chi connectivity index (χ4v) is 5.76. The van der Waals surface area contributed by atoms with Crippen LogP contribution in [0.3, 0.4) is 0 Å². The number of halogens is 1. The van der Waals surface area contributed by atoms with Crippen LogP contribution in [0.4, 0.5) is 10.1 Å². The number of aromatic nitrogens is 3. The van der Waals surface area contributed by atoms with Gasteiger partial charge in [0.2, 0.25) is 0 Å². The van der Waals surface area contributed by atoms with E-state index in [1.807, 2.05) is 32.4 Å². The molecule has 0 unspecified atom stereocenters. The Morgan fingerprint density at radius 1 is 1.00 bits per heavy atom. The molecule has 0 radical (unpaired) electrons. The molecule has 1 aromatic carbocycles. The van der Waals surface area contributed by atoms with Gasteiger partial charge in [-0.1, -0.05) is 0 Å². The smallest absolute Gasteiger partial charge is 0.193 e. The molecule has 2 aliphatic rings. The summed E-state index contributed by atoms with van der Waals surface area (Å²) in [5.41, 5.74) is 5.80. The molecule has 1 aliphatic heterocycles. The molecule has 196 valence electrons. The molecular weight excluding hydrogens is 477 g/mol. The molecule has 0 spiro atoms. The van der Waals surface area contributed by atoms with Crippen molar-refractivity contribution in [3.05, 3.63) is 99.6 Å². The number of fused-ring (bicyclic) bond motifs is 1. The van der Waals surface area contributed by atoms with Crippen molar-refractivity contribution in [3.8, 4) is 0 Å². The van der Waals surface area contributed by atoms with Gasteiger partial charge in [-0.05, 0) is 87.6 Å². The molecule has 4 aromatic rings. The lowest BCUT2D eigenvalue weighted by Gasteiger charge is -2.40. The lowest BCUT2D eigenvalue weighted by molar-refractivity contribution is 0.158. The first-order valence-corrected chi connectivity index (χ1v) is 13.6. The highest BCUT2D eigenvalue weighted by molar-refractivity contribution is 5.80. The van der Waals surface area contributed by atoms with Gasteiger partial charge >= 0.3 is 0 Å². The summed E-state index contributed by atoms with van der Waals surface area (Å²) in [7, 11) is 0. The number of nitrogens with zero attached hydrogens (tertiary/aromatic N) is 5. The molecular formula is C31H34FN5O. The summed E-state index contributed by atoms with van der Waals surface area (Å²) in [6, 6.07) is 13.6. The van der Waals surface area contributed by atoms with Gasteiger partial charge < -0.3 is 9.47 Å².